The highest BCUT2D eigenvalue weighted by Gasteiger charge is 2.19. The van der Waals surface area contributed by atoms with Crippen LogP contribution in [-0.2, 0) is 0 Å². The molecule has 3 nitrogen and oxygen atoms in total. The molecule has 0 radical (unpaired) electrons. The molecule has 1 fully saturated rings. The Bertz CT molecular complexity index is 177. The molecule has 0 saturated carbocycles. The van der Waals surface area contributed by atoms with Crippen LogP contribution >= 0.6 is 0 Å². The molecule has 1 atom stereocenters. The third-order valence-corrected chi connectivity index (χ3v) is 3.77. The molecule has 3 heteroatoms. The van der Waals surface area contributed by atoms with Gasteiger partial charge in [0.1, 0.15) is 0 Å². The maximum atomic E-state index is 9.48. The number of aliphatic hydroxyl groups is 1. The van der Waals surface area contributed by atoms with Crippen molar-refractivity contribution in [2.24, 2.45) is 0 Å². The van der Waals surface area contributed by atoms with E-state index in [0.29, 0.717) is 0 Å². The number of hydrogen-bond acceptors (Lipinski definition) is 3. The summed E-state index contributed by atoms with van der Waals surface area (Å²) in [5.74, 6) is 0. The van der Waals surface area contributed by atoms with Crippen molar-refractivity contribution in [2.45, 2.75) is 51.2 Å². The standard InChI is InChI=1S/C13H28N2O/c1-4-13(16)6-5-9-15-10-7-12(8-11-15)14(2)3/h12-13,16H,4-11H2,1-3H3. The van der Waals surface area contributed by atoms with Crippen molar-refractivity contribution >= 4 is 0 Å². The summed E-state index contributed by atoms with van der Waals surface area (Å²) in [5.41, 5.74) is 0. The normalized spacial score (nSPS) is 21.6. The van der Waals surface area contributed by atoms with Gasteiger partial charge in [0.25, 0.3) is 0 Å². The number of hydrogen-bond donors (Lipinski definition) is 1. The molecule has 0 aliphatic carbocycles. The van der Waals surface area contributed by atoms with Gasteiger partial charge in [-0.25, -0.2) is 0 Å². The maximum absolute atomic E-state index is 9.48. The summed E-state index contributed by atoms with van der Waals surface area (Å²) >= 11 is 0. The molecule has 0 aromatic carbocycles. The summed E-state index contributed by atoms with van der Waals surface area (Å²) in [6.07, 6.45) is 5.50. The zero-order valence-electron chi connectivity index (χ0n) is 11.2. The Hall–Kier alpha value is -0.120. The average Bonchev–Trinajstić information content (AvgIpc) is 2.29. The van der Waals surface area contributed by atoms with Gasteiger partial charge in [-0.15, -0.1) is 0 Å². The molecule has 1 aliphatic rings. The Morgan fingerprint density at radius 3 is 2.44 bits per heavy atom. The quantitative estimate of drug-likeness (QED) is 0.747. The van der Waals surface area contributed by atoms with Gasteiger partial charge < -0.3 is 14.9 Å². The second-order valence-corrected chi connectivity index (χ2v) is 5.24. The highest BCUT2D eigenvalue weighted by molar-refractivity contribution is 4.76. The van der Waals surface area contributed by atoms with Gasteiger partial charge in [0.05, 0.1) is 6.10 Å². The molecule has 1 unspecified atom stereocenters. The zero-order chi connectivity index (χ0) is 12.0. The van der Waals surface area contributed by atoms with Gasteiger partial charge in [-0.2, -0.15) is 0 Å². The highest BCUT2D eigenvalue weighted by Crippen LogP contribution is 2.14. The van der Waals surface area contributed by atoms with Crippen molar-refractivity contribution in [3.63, 3.8) is 0 Å². The van der Waals surface area contributed by atoms with Crippen LogP contribution in [0.15, 0.2) is 0 Å². The summed E-state index contributed by atoms with van der Waals surface area (Å²) in [6, 6.07) is 0.775. The summed E-state index contributed by atoms with van der Waals surface area (Å²) in [6.45, 7) is 5.67. The molecular weight excluding hydrogens is 200 g/mol. The molecule has 1 saturated heterocycles. The first-order valence-corrected chi connectivity index (χ1v) is 6.70. The van der Waals surface area contributed by atoms with Crippen LogP contribution < -0.4 is 0 Å². The third-order valence-electron chi connectivity index (χ3n) is 3.77. The number of likely N-dealkylation sites (tertiary alicyclic amines) is 1. The Morgan fingerprint density at radius 2 is 1.94 bits per heavy atom. The Morgan fingerprint density at radius 1 is 1.31 bits per heavy atom. The van der Waals surface area contributed by atoms with Crippen LogP contribution in [0.1, 0.15) is 39.0 Å². The zero-order valence-corrected chi connectivity index (χ0v) is 11.2. The van der Waals surface area contributed by atoms with E-state index < -0.39 is 0 Å². The smallest absolute Gasteiger partial charge is 0.0538 e. The molecule has 16 heavy (non-hydrogen) atoms. The van der Waals surface area contributed by atoms with Gasteiger partial charge in [0, 0.05) is 6.04 Å². The van der Waals surface area contributed by atoms with E-state index in [0.717, 1.165) is 31.8 Å². The van der Waals surface area contributed by atoms with Crippen molar-refractivity contribution in [1.29, 1.82) is 0 Å². The largest absolute Gasteiger partial charge is 0.393 e. The van der Waals surface area contributed by atoms with Crippen LogP contribution in [0.4, 0.5) is 0 Å². The van der Waals surface area contributed by atoms with E-state index in [4.69, 9.17) is 0 Å². The van der Waals surface area contributed by atoms with Crippen molar-refractivity contribution in [1.82, 2.24) is 9.80 Å². The lowest BCUT2D eigenvalue weighted by Crippen LogP contribution is -2.42. The van der Waals surface area contributed by atoms with E-state index >= 15 is 0 Å². The van der Waals surface area contributed by atoms with E-state index in [2.05, 4.69) is 23.9 Å². The molecule has 0 bridgehead atoms. The van der Waals surface area contributed by atoms with Gasteiger partial charge in [-0.05, 0) is 65.8 Å². The number of rotatable bonds is 6. The van der Waals surface area contributed by atoms with Gasteiger partial charge in [0.15, 0.2) is 0 Å². The number of nitrogens with zero attached hydrogens (tertiary/aromatic N) is 2. The van der Waals surface area contributed by atoms with Crippen molar-refractivity contribution < 1.29 is 5.11 Å². The summed E-state index contributed by atoms with van der Waals surface area (Å²) in [4.78, 5) is 4.89. The van der Waals surface area contributed by atoms with Gasteiger partial charge in [0.2, 0.25) is 0 Å². The summed E-state index contributed by atoms with van der Waals surface area (Å²) < 4.78 is 0. The van der Waals surface area contributed by atoms with Crippen molar-refractivity contribution in [3.05, 3.63) is 0 Å². The Balaban J connectivity index is 2.08. The fraction of sp³-hybridized carbons (Fsp3) is 1.00. The third kappa shape index (κ3) is 4.81. The van der Waals surface area contributed by atoms with Crippen molar-refractivity contribution in [2.75, 3.05) is 33.7 Å². The first-order chi connectivity index (χ1) is 7.63. The molecule has 96 valence electrons. The molecule has 0 aromatic heterocycles. The Kier molecular flexibility index (Phi) is 6.32. The summed E-state index contributed by atoms with van der Waals surface area (Å²) in [5, 5.41) is 9.48. The molecule has 1 N–H and O–H groups in total. The van der Waals surface area contributed by atoms with Crippen LogP contribution in [0.2, 0.25) is 0 Å². The molecule has 1 aliphatic heterocycles. The topological polar surface area (TPSA) is 26.7 Å². The van der Waals surface area contributed by atoms with E-state index in [-0.39, 0.29) is 6.10 Å². The molecule has 0 amide bonds. The minimum absolute atomic E-state index is 0.0840. The van der Waals surface area contributed by atoms with Crippen LogP contribution in [0, 0.1) is 0 Å². The molecule has 0 aromatic rings. The second-order valence-electron chi connectivity index (χ2n) is 5.24. The highest BCUT2D eigenvalue weighted by atomic mass is 16.3. The maximum Gasteiger partial charge on any atom is 0.0538 e. The minimum atomic E-state index is -0.0840. The summed E-state index contributed by atoms with van der Waals surface area (Å²) in [7, 11) is 4.36. The molecular formula is C13H28N2O. The second kappa shape index (κ2) is 7.25. The van der Waals surface area contributed by atoms with Crippen LogP contribution in [0.3, 0.4) is 0 Å². The SMILES string of the molecule is CCC(O)CCCN1CCC(N(C)C)CC1. The molecule has 1 rings (SSSR count). The lowest BCUT2D eigenvalue weighted by molar-refractivity contribution is 0.125. The van der Waals surface area contributed by atoms with Gasteiger partial charge >= 0.3 is 0 Å². The average molecular weight is 228 g/mol. The van der Waals surface area contributed by atoms with Gasteiger partial charge in [-0.1, -0.05) is 6.92 Å². The fourth-order valence-corrected chi connectivity index (χ4v) is 2.41. The number of aliphatic hydroxyl groups excluding tert-OH is 1. The monoisotopic (exact) mass is 228 g/mol. The van der Waals surface area contributed by atoms with Crippen molar-refractivity contribution in [3.8, 4) is 0 Å². The van der Waals surface area contributed by atoms with Crippen LogP contribution in [0.5, 0.6) is 0 Å². The predicted molar refractivity (Wildman–Crippen MR) is 68.7 cm³/mol. The Labute approximate surface area is 100 Å². The lowest BCUT2D eigenvalue weighted by atomic mass is 10.0. The first kappa shape index (κ1) is 13.9. The predicted octanol–water partition coefficient (Wildman–Crippen LogP) is 1.56. The molecule has 1 heterocycles. The van der Waals surface area contributed by atoms with Crippen LogP contribution in [-0.4, -0.2) is 60.8 Å². The molecule has 0 spiro atoms. The van der Waals surface area contributed by atoms with Gasteiger partial charge in [-0.3, -0.25) is 0 Å². The van der Waals surface area contributed by atoms with E-state index in [1.807, 2.05) is 6.92 Å². The van der Waals surface area contributed by atoms with E-state index in [9.17, 15) is 5.11 Å². The fourth-order valence-electron chi connectivity index (χ4n) is 2.41. The number of piperidine rings is 1. The van der Waals surface area contributed by atoms with Crippen LogP contribution in [0.25, 0.3) is 0 Å². The minimum Gasteiger partial charge on any atom is -0.393 e. The van der Waals surface area contributed by atoms with E-state index in [1.165, 1.54) is 25.9 Å². The first-order valence-electron chi connectivity index (χ1n) is 6.70. The lowest BCUT2D eigenvalue weighted by Gasteiger charge is -2.35. The van der Waals surface area contributed by atoms with E-state index in [1.54, 1.807) is 0 Å².